The van der Waals surface area contributed by atoms with Crippen LogP contribution < -0.4 is 5.32 Å². The van der Waals surface area contributed by atoms with Crippen LogP contribution in [0.25, 0.3) is 16.7 Å². The van der Waals surface area contributed by atoms with Crippen molar-refractivity contribution in [3.8, 4) is 0 Å². The van der Waals surface area contributed by atoms with Crippen molar-refractivity contribution in [2.75, 3.05) is 5.32 Å². The van der Waals surface area contributed by atoms with Crippen molar-refractivity contribution in [2.24, 2.45) is 0 Å². The summed E-state index contributed by atoms with van der Waals surface area (Å²) in [5, 5.41) is 15.8. The normalized spacial score (nSPS) is 17.3. The molecule has 1 saturated carbocycles. The topological polar surface area (TPSA) is 68.0 Å². The molecule has 1 aliphatic carbocycles. The van der Waals surface area contributed by atoms with E-state index in [0.29, 0.717) is 11.7 Å². The molecule has 120 valence electrons. The van der Waals surface area contributed by atoms with Crippen LogP contribution in [0.2, 0.25) is 0 Å². The number of hydrogen-bond donors (Lipinski definition) is 1. The Hall–Kier alpha value is -2.24. The second kappa shape index (κ2) is 6.10. The Balaban J connectivity index is 1.73. The third-order valence-corrected chi connectivity index (χ3v) is 4.72. The van der Waals surface area contributed by atoms with Crippen LogP contribution >= 0.6 is 0 Å². The van der Waals surface area contributed by atoms with Crippen molar-refractivity contribution in [3.63, 3.8) is 0 Å². The fourth-order valence-corrected chi connectivity index (χ4v) is 3.46. The fraction of sp³-hybridized carbons (Fsp3) is 0.529. The number of aromatic nitrogens is 5. The third kappa shape index (κ3) is 2.85. The Morgan fingerprint density at radius 3 is 2.70 bits per heavy atom. The average molecular weight is 310 g/mol. The second-order valence-corrected chi connectivity index (χ2v) is 6.55. The van der Waals surface area contributed by atoms with Crippen molar-refractivity contribution in [2.45, 2.75) is 57.9 Å². The van der Waals surface area contributed by atoms with Crippen LogP contribution in [-0.2, 0) is 0 Å². The lowest BCUT2D eigenvalue weighted by atomic mass is 9.97. The van der Waals surface area contributed by atoms with E-state index in [1.807, 2.05) is 6.07 Å². The van der Waals surface area contributed by atoms with Gasteiger partial charge in [-0.25, -0.2) is 4.98 Å². The molecule has 6 nitrogen and oxygen atoms in total. The van der Waals surface area contributed by atoms with Gasteiger partial charge < -0.3 is 5.32 Å². The number of anilines is 1. The van der Waals surface area contributed by atoms with Crippen molar-refractivity contribution in [3.05, 3.63) is 23.8 Å². The van der Waals surface area contributed by atoms with Gasteiger partial charge in [0.15, 0.2) is 5.82 Å². The van der Waals surface area contributed by atoms with E-state index in [1.54, 1.807) is 4.52 Å². The number of rotatable bonds is 2. The summed E-state index contributed by atoms with van der Waals surface area (Å²) in [6.45, 7) is 2.07. The van der Waals surface area contributed by atoms with Gasteiger partial charge in [0.05, 0.1) is 11.0 Å². The summed E-state index contributed by atoms with van der Waals surface area (Å²) in [4.78, 5) is 4.79. The van der Waals surface area contributed by atoms with Crippen LogP contribution in [0.5, 0.6) is 0 Å². The Morgan fingerprint density at radius 2 is 1.87 bits per heavy atom. The number of aryl methyl sites for hydroxylation is 1. The van der Waals surface area contributed by atoms with Crippen molar-refractivity contribution in [1.29, 1.82) is 0 Å². The predicted molar refractivity (Wildman–Crippen MR) is 90.5 cm³/mol. The Labute approximate surface area is 135 Å². The van der Waals surface area contributed by atoms with Gasteiger partial charge in [-0.2, -0.15) is 4.52 Å². The van der Waals surface area contributed by atoms with Gasteiger partial charge in [-0.1, -0.05) is 38.2 Å². The molecule has 0 radical (unpaired) electrons. The molecule has 0 amide bonds. The van der Waals surface area contributed by atoms with Crippen LogP contribution in [0.15, 0.2) is 18.2 Å². The van der Waals surface area contributed by atoms with Crippen LogP contribution in [-0.4, -0.2) is 31.1 Å². The highest BCUT2D eigenvalue weighted by atomic mass is 15.5. The maximum atomic E-state index is 4.79. The lowest BCUT2D eigenvalue weighted by Gasteiger charge is -2.21. The number of nitrogens with zero attached hydrogens (tertiary/aromatic N) is 5. The summed E-state index contributed by atoms with van der Waals surface area (Å²) in [6.07, 6.45) is 9.01. The largest absolute Gasteiger partial charge is 0.364 e. The van der Waals surface area contributed by atoms with Gasteiger partial charge in [-0.15, -0.1) is 5.10 Å². The highest BCUT2D eigenvalue weighted by molar-refractivity contribution is 5.82. The predicted octanol–water partition coefficient (Wildman–Crippen LogP) is 3.51. The molecule has 0 spiro atoms. The zero-order valence-electron chi connectivity index (χ0n) is 13.5. The fourth-order valence-electron chi connectivity index (χ4n) is 3.46. The Kier molecular flexibility index (Phi) is 3.81. The van der Waals surface area contributed by atoms with Crippen molar-refractivity contribution < 1.29 is 0 Å². The number of hydrogen-bond acceptors (Lipinski definition) is 5. The molecule has 2 heterocycles. The minimum atomic E-state index is 0.464. The summed E-state index contributed by atoms with van der Waals surface area (Å²) in [6, 6.07) is 6.65. The lowest BCUT2D eigenvalue weighted by molar-refractivity contribution is 0.471. The summed E-state index contributed by atoms with van der Waals surface area (Å²) in [5.41, 5.74) is 3.76. The molecule has 23 heavy (non-hydrogen) atoms. The molecule has 0 bridgehead atoms. The number of nitrogens with one attached hydrogen (secondary N) is 1. The monoisotopic (exact) mass is 310 g/mol. The van der Waals surface area contributed by atoms with E-state index in [2.05, 4.69) is 39.9 Å². The molecule has 0 unspecified atom stereocenters. The number of benzene rings is 1. The van der Waals surface area contributed by atoms with E-state index in [4.69, 9.17) is 4.98 Å². The maximum absolute atomic E-state index is 4.79. The molecule has 1 fully saturated rings. The van der Waals surface area contributed by atoms with Crippen LogP contribution in [0, 0.1) is 6.92 Å². The Morgan fingerprint density at radius 1 is 1.09 bits per heavy atom. The number of fused-ring (bicyclic) bond motifs is 3. The quantitative estimate of drug-likeness (QED) is 0.784. The van der Waals surface area contributed by atoms with E-state index in [0.717, 1.165) is 16.9 Å². The molecule has 1 aliphatic rings. The van der Waals surface area contributed by atoms with E-state index >= 15 is 0 Å². The SMILES string of the molecule is Cc1ccc2nc(NC3CCCCCCC3)c3nnnn3c2c1. The summed E-state index contributed by atoms with van der Waals surface area (Å²) in [7, 11) is 0. The molecule has 0 saturated heterocycles. The number of tetrazole rings is 1. The van der Waals surface area contributed by atoms with E-state index in [-0.39, 0.29) is 0 Å². The second-order valence-electron chi connectivity index (χ2n) is 6.55. The zero-order chi connectivity index (χ0) is 15.6. The molecular weight excluding hydrogens is 288 g/mol. The maximum Gasteiger partial charge on any atom is 0.222 e. The van der Waals surface area contributed by atoms with Gasteiger partial charge in [0, 0.05) is 6.04 Å². The van der Waals surface area contributed by atoms with Gasteiger partial charge in [0.1, 0.15) is 0 Å². The van der Waals surface area contributed by atoms with Crippen molar-refractivity contribution in [1.82, 2.24) is 25.0 Å². The summed E-state index contributed by atoms with van der Waals surface area (Å²) >= 11 is 0. The van der Waals surface area contributed by atoms with Crippen LogP contribution in [0.3, 0.4) is 0 Å². The third-order valence-electron chi connectivity index (χ3n) is 4.72. The minimum absolute atomic E-state index is 0.464. The lowest BCUT2D eigenvalue weighted by Crippen LogP contribution is -2.22. The first kappa shape index (κ1) is 14.4. The minimum Gasteiger partial charge on any atom is -0.364 e. The van der Waals surface area contributed by atoms with E-state index in [1.165, 1.54) is 50.5 Å². The van der Waals surface area contributed by atoms with Gasteiger partial charge >= 0.3 is 0 Å². The first-order valence-electron chi connectivity index (χ1n) is 8.56. The molecule has 3 aromatic rings. The highest BCUT2D eigenvalue weighted by Gasteiger charge is 2.16. The van der Waals surface area contributed by atoms with Gasteiger partial charge in [-0.3, -0.25) is 0 Å². The molecule has 0 atom stereocenters. The summed E-state index contributed by atoms with van der Waals surface area (Å²) in [5.74, 6) is 0.803. The molecule has 0 aliphatic heterocycles. The molecule has 4 rings (SSSR count). The highest BCUT2D eigenvalue weighted by Crippen LogP contribution is 2.24. The molecule has 6 heteroatoms. The van der Waals surface area contributed by atoms with Gasteiger partial charge in [0.2, 0.25) is 5.65 Å². The smallest absolute Gasteiger partial charge is 0.222 e. The zero-order valence-corrected chi connectivity index (χ0v) is 13.5. The van der Waals surface area contributed by atoms with Gasteiger partial charge in [-0.05, 0) is 47.9 Å². The summed E-state index contributed by atoms with van der Waals surface area (Å²) < 4.78 is 1.79. The van der Waals surface area contributed by atoms with Crippen LogP contribution in [0.1, 0.15) is 50.5 Å². The first-order valence-corrected chi connectivity index (χ1v) is 8.56. The standard InChI is InChI=1S/C17H22N6/c1-12-9-10-14-15(11-12)23-17(20-21-22-23)16(19-14)18-13-7-5-3-2-4-6-8-13/h9-11,13H,2-8H2,1H3,(H,18,19). The molecular formula is C17H22N6. The molecule has 1 N–H and O–H groups in total. The molecule has 1 aromatic carbocycles. The van der Waals surface area contributed by atoms with Gasteiger partial charge in [0.25, 0.3) is 0 Å². The first-order chi connectivity index (χ1) is 11.3. The van der Waals surface area contributed by atoms with E-state index < -0.39 is 0 Å². The average Bonchev–Trinajstić information content (AvgIpc) is 3.00. The Bertz CT molecular complexity index is 816. The van der Waals surface area contributed by atoms with Crippen LogP contribution in [0.4, 0.5) is 5.82 Å². The van der Waals surface area contributed by atoms with E-state index in [9.17, 15) is 0 Å². The van der Waals surface area contributed by atoms with Crippen molar-refractivity contribution >= 4 is 22.5 Å². The molecule has 2 aromatic heterocycles.